The standard InChI is InChI=1S/C10H19NO/c1-4-10(9(2)3)11-5-7-12-8-6-11/h4,9H,5-8H2,1-3H3/b10-4-. The van der Waals surface area contributed by atoms with E-state index in [0.29, 0.717) is 5.92 Å². The highest BCUT2D eigenvalue weighted by atomic mass is 16.5. The van der Waals surface area contributed by atoms with Gasteiger partial charge in [-0.25, -0.2) is 0 Å². The third-order valence-electron chi connectivity index (χ3n) is 2.26. The molecular weight excluding hydrogens is 150 g/mol. The molecule has 0 aliphatic carbocycles. The molecule has 1 heterocycles. The van der Waals surface area contributed by atoms with E-state index in [1.54, 1.807) is 0 Å². The van der Waals surface area contributed by atoms with E-state index in [0.717, 1.165) is 26.3 Å². The van der Waals surface area contributed by atoms with Crippen molar-refractivity contribution in [1.82, 2.24) is 4.90 Å². The Labute approximate surface area is 75.2 Å². The maximum atomic E-state index is 5.31. The lowest BCUT2D eigenvalue weighted by atomic mass is 10.1. The molecule has 0 saturated carbocycles. The first kappa shape index (κ1) is 9.59. The summed E-state index contributed by atoms with van der Waals surface area (Å²) in [7, 11) is 0. The van der Waals surface area contributed by atoms with Crippen molar-refractivity contribution < 1.29 is 4.74 Å². The number of allylic oxidation sites excluding steroid dienone is 2. The summed E-state index contributed by atoms with van der Waals surface area (Å²) in [6.45, 7) is 10.5. The Balaban J connectivity index is 2.53. The lowest BCUT2D eigenvalue weighted by molar-refractivity contribution is 0.0495. The van der Waals surface area contributed by atoms with Gasteiger partial charge in [0.15, 0.2) is 0 Å². The average Bonchev–Trinajstić information content (AvgIpc) is 2.07. The molecule has 1 aliphatic rings. The summed E-state index contributed by atoms with van der Waals surface area (Å²) in [5.41, 5.74) is 1.46. The maximum absolute atomic E-state index is 5.31. The Morgan fingerprint density at radius 3 is 2.33 bits per heavy atom. The third kappa shape index (κ3) is 2.24. The first-order valence-electron chi connectivity index (χ1n) is 4.74. The van der Waals surface area contributed by atoms with Crippen LogP contribution in [-0.4, -0.2) is 31.2 Å². The number of morpholine rings is 1. The second-order valence-electron chi connectivity index (χ2n) is 3.47. The minimum Gasteiger partial charge on any atom is -0.378 e. The fraction of sp³-hybridized carbons (Fsp3) is 0.800. The summed E-state index contributed by atoms with van der Waals surface area (Å²) in [5, 5.41) is 0. The number of hydrogen-bond donors (Lipinski definition) is 0. The molecule has 2 nitrogen and oxygen atoms in total. The molecule has 0 spiro atoms. The van der Waals surface area contributed by atoms with Gasteiger partial charge in [-0.3, -0.25) is 0 Å². The number of nitrogens with zero attached hydrogens (tertiary/aromatic N) is 1. The Bertz CT molecular complexity index is 157. The monoisotopic (exact) mass is 169 g/mol. The van der Waals surface area contributed by atoms with Crippen LogP contribution in [0.2, 0.25) is 0 Å². The molecule has 12 heavy (non-hydrogen) atoms. The van der Waals surface area contributed by atoms with Crippen LogP contribution in [-0.2, 0) is 4.74 Å². The van der Waals surface area contributed by atoms with Gasteiger partial charge in [-0.15, -0.1) is 0 Å². The normalized spacial score (nSPS) is 20.3. The lowest BCUT2D eigenvalue weighted by Crippen LogP contribution is -2.36. The summed E-state index contributed by atoms with van der Waals surface area (Å²) in [6, 6.07) is 0. The molecule has 0 aromatic carbocycles. The van der Waals surface area contributed by atoms with E-state index in [1.807, 2.05) is 0 Å². The molecule has 0 bridgehead atoms. The molecule has 2 heteroatoms. The summed E-state index contributed by atoms with van der Waals surface area (Å²) in [4.78, 5) is 2.42. The minimum absolute atomic E-state index is 0.632. The quantitative estimate of drug-likeness (QED) is 0.626. The molecule has 0 aromatic rings. The van der Waals surface area contributed by atoms with Gasteiger partial charge >= 0.3 is 0 Å². The van der Waals surface area contributed by atoms with Crippen molar-refractivity contribution in [2.45, 2.75) is 20.8 Å². The van der Waals surface area contributed by atoms with E-state index in [4.69, 9.17) is 4.74 Å². The van der Waals surface area contributed by atoms with Gasteiger partial charge in [0, 0.05) is 18.8 Å². The second-order valence-corrected chi connectivity index (χ2v) is 3.47. The number of rotatable bonds is 2. The molecular formula is C10H19NO. The smallest absolute Gasteiger partial charge is 0.0642 e. The molecule has 70 valence electrons. The van der Waals surface area contributed by atoms with Gasteiger partial charge in [0.2, 0.25) is 0 Å². The van der Waals surface area contributed by atoms with Crippen molar-refractivity contribution in [1.29, 1.82) is 0 Å². The van der Waals surface area contributed by atoms with Crippen LogP contribution >= 0.6 is 0 Å². The van der Waals surface area contributed by atoms with Gasteiger partial charge in [-0.2, -0.15) is 0 Å². The summed E-state index contributed by atoms with van der Waals surface area (Å²) in [5.74, 6) is 0.632. The van der Waals surface area contributed by atoms with Crippen molar-refractivity contribution >= 4 is 0 Å². The molecule has 1 aliphatic heterocycles. The molecule has 1 rings (SSSR count). The fourth-order valence-corrected chi connectivity index (χ4v) is 1.70. The van der Waals surface area contributed by atoms with Crippen LogP contribution in [0.5, 0.6) is 0 Å². The fourth-order valence-electron chi connectivity index (χ4n) is 1.70. The van der Waals surface area contributed by atoms with E-state index in [-0.39, 0.29) is 0 Å². The second kappa shape index (κ2) is 4.51. The van der Waals surface area contributed by atoms with Crippen LogP contribution < -0.4 is 0 Å². The van der Waals surface area contributed by atoms with Gasteiger partial charge < -0.3 is 9.64 Å². The zero-order valence-electron chi connectivity index (χ0n) is 8.34. The molecule has 1 saturated heterocycles. The molecule has 0 N–H and O–H groups in total. The van der Waals surface area contributed by atoms with Gasteiger partial charge in [0.25, 0.3) is 0 Å². The van der Waals surface area contributed by atoms with Crippen molar-refractivity contribution in [3.8, 4) is 0 Å². The van der Waals surface area contributed by atoms with Crippen LogP contribution in [0.4, 0.5) is 0 Å². The minimum atomic E-state index is 0.632. The molecule has 0 aromatic heterocycles. The molecule has 0 radical (unpaired) electrons. The lowest BCUT2D eigenvalue weighted by Gasteiger charge is -2.32. The Morgan fingerprint density at radius 1 is 1.33 bits per heavy atom. The highest BCUT2D eigenvalue weighted by Gasteiger charge is 2.14. The predicted molar refractivity (Wildman–Crippen MR) is 51.0 cm³/mol. The predicted octanol–water partition coefficient (Wildman–Crippen LogP) is 1.88. The maximum Gasteiger partial charge on any atom is 0.0642 e. The first-order valence-corrected chi connectivity index (χ1v) is 4.74. The van der Waals surface area contributed by atoms with E-state index in [9.17, 15) is 0 Å². The highest BCUT2D eigenvalue weighted by Crippen LogP contribution is 2.16. The van der Waals surface area contributed by atoms with E-state index < -0.39 is 0 Å². The van der Waals surface area contributed by atoms with Crippen molar-refractivity contribution in [3.05, 3.63) is 11.8 Å². The number of ether oxygens (including phenoxy) is 1. The van der Waals surface area contributed by atoms with Crippen molar-refractivity contribution in [2.24, 2.45) is 5.92 Å². The van der Waals surface area contributed by atoms with Crippen LogP contribution in [0, 0.1) is 5.92 Å². The largest absolute Gasteiger partial charge is 0.378 e. The van der Waals surface area contributed by atoms with Gasteiger partial charge in [0.05, 0.1) is 13.2 Å². The average molecular weight is 169 g/mol. The third-order valence-corrected chi connectivity index (χ3v) is 2.26. The van der Waals surface area contributed by atoms with E-state index >= 15 is 0 Å². The van der Waals surface area contributed by atoms with Crippen LogP contribution in [0.15, 0.2) is 11.8 Å². The molecule has 1 fully saturated rings. The van der Waals surface area contributed by atoms with E-state index in [2.05, 4.69) is 31.7 Å². The highest BCUT2D eigenvalue weighted by molar-refractivity contribution is 5.03. The zero-order valence-corrected chi connectivity index (χ0v) is 8.34. The summed E-state index contributed by atoms with van der Waals surface area (Å²) < 4.78 is 5.31. The van der Waals surface area contributed by atoms with E-state index in [1.165, 1.54) is 5.70 Å². The Kier molecular flexibility index (Phi) is 3.60. The number of hydrogen-bond acceptors (Lipinski definition) is 2. The van der Waals surface area contributed by atoms with Crippen molar-refractivity contribution in [3.63, 3.8) is 0 Å². The summed E-state index contributed by atoms with van der Waals surface area (Å²) in [6.07, 6.45) is 2.22. The Morgan fingerprint density at radius 2 is 1.92 bits per heavy atom. The molecule has 0 amide bonds. The SMILES string of the molecule is C/C=C(/C(C)C)N1CCOCC1. The van der Waals surface area contributed by atoms with Gasteiger partial charge in [-0.1, -0.05) is 19.9 Å². The van der Waals surface area contributed by atoms with Gasteiger partial charge in [-0.05, 0) is 12.8 Å². The van der Waals surface area contributed by atoms with Crippen molar-refractivity contribution in [2.75, 3.05) is 26.3 Å². The topological polar surface area (TPSA) is 12.5 Å². The Hall–Kier alpha value is -0.500. The first-order chi connectivity index (χ1) is 5.75. The van der Waals surface area contributed by atoms with Gasteiger partial charge in [0.1, 0.15) is 0 Å². The summed E-state index contributed by atoms with van der Waals surface area (Å²) >= 11 is 0. The molecule has 0 atom stereocenters. The molecule has 0 unspecified atom stereocenters. The van der Waals surface area contributed by atoms with Crippen LogP contribution in [0.3, 0.4) is 0 Å². The van der Waals surface area contributed by atoms with Crippen LogP contribution in [0.25, 0.3) is 0 Å². The van der Waals surface area contributed by atoms with Crippen LogP contribution in [0.1, 0.15) is 20.8 Å². The zero-order chi connectivity index (χ0) is 8.97.